The molecule has 0 radical (unpaired) electrons. The molecule has 0 bridgehead atoms. The van der Waals surface area contributed by atoms with Crippen LogP contribution < -0.4 is 5.56 Å². The molecule has 1 aromatic carbocycles. The van der Waals surface area contributed by atoms with Gasteiger partial charge in [-0.05, 0) is 55.0 Å². The Morgan fingerprint density at radius 3 is 3.03 bits per heavy atom. The van der Waals surface area contributed by atoms with E-state index in [1.165, 1.54) is 10.1 Å². The average molecular weight is 408 g/mol. The van der Waals surface area contributed by atoms with Gasteiger partial charge in [0.1, 0.15) is 0 Å². The molecule has 6 nitrogen and oxygen atoms in total. The molecule has 1 saturated heterocycles. The summed E-state index contributed by atoms with van der Waals surface area (Å²) in [6.07, 6.45) is 9.11. The van der Waals surface area contributed by atoms with E-state index in [2.05, 4.69) is 38.2 Å². The van der Waals surface area contributed by atoms with Crippen LogP contribution in [0.2, 0.25) is 5.02 Å². The summed E-state index contributed by atoms with van der Waals surface area (Å²) >= 11 is 6.14. The minimum Gasteiger partial charge on any atom is -0.326 e. The Balaban J connectivity index is 1.35. The van der Waals surface area contributed by atoms with E-state index < -0.39 is 0 Å². The van der Waals surface area contributed by atoms with Crippen molar-refractivity contribution in [3.63, 3.8) is 0 Å². The summed E-state index contributed by atoms with van der Waals surface area (Å²) in [6, 6.07) is 9.74. The van der Waals surface area contributed by atoms with Gasteiger partial charge in [-0.3, -0.25) is 9.69 Å². The van der Waals surface area contributed by atoms with Gasteiger partial charge in [0.05, 0.1) is 0 Å². The largest absolute Gasteiger partial charge is 0.326 e. The van der Waals surface area contributed by atoms with Crippen LogP contribution in [0, 0.1) is 0 Å². The summed E-state index contributed by atoms with van der Waals surface area (Å²) in [4.78, 5) is 22.8. The molecule has 1 fully saturated rings. The van der Waals surface area contributed by atoms with E-state index in [0.717, 1.165) is 48.6 Å². The molecular weight excluding hydrogens is 386 g/mol. The summed E-state index contributed by atoms with van der Waals surface area (Å²) in [5.74, 6) is 1.60. The summed E-state index contributed by atoms with van der Waals surface area (Å²) in [5, 5.41) is 5.18. The maximum Gasteiger partial charge on any atom is 0.275 e. The first-order valence-electron chi connectivity index (χ1n) is 9.98. The van der Waals surface area contributed by atoms with Crippen molar-refractivity contribution in [3.05, 3.63) is 81.0 Å². The molecule has 3 aromatic rings. The Hall–Kier alpha value is -2.70. The zero-order chi connectivity index (χ0) is 19.8. The monoisotopic (exact) mass is 407 g/mol. The predicted molar refractivity (Wildman–Crippen MR) is 114 cm³/mol. The number of hydrogen-bond acceptors (Lipinski definition) is 4. The Labute approximate surface area is 173 Å². The summed E-state index contributed by atoms with van der Waals surface area (Å²) < 4.78 is 1.36. The standard InChI is InChI=1S/C22H22ClN5O/c23-18-8-4-7-16(11-18)17-9-10-27(13-17)14-19-12-20(29)28-22(24-19)25-21(26-28)15-5-2-1-3-6-15/h1-2,4-5,7-8,11-12,17H,3,6,9-10,13-14H2,(H,24,25,26). The second-order valence-corrected chi connectivity index (χ2v) is 8.17. The third-order valence-electron chi connectivity index (χ3n) is 5.67. The van der Waals surface area contributed by atoms with E-state index in [1.54, 1.807) is 6.07 Å². The van der Waals surface area contributed by atoms with Crippen molar-refractivity contribution >= 4 is 23.0 Å². The van der Waals surface area contributed by atoms with Crippen molar-refractivity contribution in [2.45, 2.75) is 31.7 Å². The van der Waals surface area contributed by atoms with Gasteiger partial charge in [0.2, 0.25) is 5.78 Å². The third kappa shape index (κ3) is 3.78. The van der Waals surface area contributed by atoms with Crippen molar-refractivity contribution in [1.29, 1.82) is 0 Å². The van der Waals surface area contributed by atoms with Crippen molar-refractivity contribution in [2.24, 2.45) is 0 Å². The highest BCUT2D eigenvalue weighted by Crippen LogP contribution is 2.29. The Bertz CT molecular complexity index is 1180. The number of likely N-dealkylation sites (tertiary alicyclic amines) is 1. The number of benzene rings is 1. The molecule has 148 valence electrons. The molecule has 29 heavy (non-hydrogen) atoms. The zero-order valence-corrected chi connectivity index (χ0v) is 16.8. The van der Waals surface area contributed by atoms with Gasteiger partial charge >= 0.3 is 0 Å². The van der Waals surface area contributed by atoms with Gasteiger partial charge in [0.15, 0.2) is 5.82 Å². The topological polar surface area (TPSA) is 66.3 Å². The molecule has 2 aromatic heterocycles. The number of halogens is 1. The molecule has 1 unspecified atom stereocenters. The molecule has 1 atom stereocenters. The highest BCUT2D eigenvalue weighted by molar-refractivity contribution is 6.30. The second kappa shape index (κ2) is 7.61. The molecule has 1 aliphatic heterocycles. The van der Waals surface area contributed by atoms with Crippen molar-refractivity contribution in [3.8, 4) is 0 Å². The van der Waals surface area contributed by atoms with Gasteiger partial charge in [-0.15, -0.1) is 5.10 Å². The Kier molecular flexibility index (Phi) is 4.81. The first-order chi connectivity index (χ1) is 14.2. The SMILES string of the molecule is O=c1cc(CN2CCC(c3cccc(Cl)c3)C2)[nH]c2nc(C3=CC=CCC3)nn12. The fourth-order valence-corrected chi connectivity index (χ4v) is 4.40. The van der Waals surface area contributed by atoms with E-state index in [9.17, 15) is 4.79 Å². The molecule has 1 N–H and O–H groups in total. The maximum absolute atomic E-state index is 12.6. The summed E-state index contributed by atoms with van der Waals surface area (Å²) in [7, 11) is 0. The van der Waals surface area contributed by atoms with Gasteiger partial charge < -0.3 is 4.98 Å². The van der Waals surface area contributed by atoms with Crippen LogP contribution in [0.4, 0.5) is 0 Å². The lowest BCUT2D eigenvalue weighted by atomic mass is 9.99. The quantitative estimate of drug-likeness (QED) is 0.714. The maximum atomic E-state index is 12.6. The highest BCUT2D eigenvalue weighted by atomic mass is 35.5. The number of nitrogens with one attached hydrogen (secondary N) is 1. The van der Waals surface area contributed by atoms with Crippen molar-refractivity contribution < 1.29 is 0 Å². The van der Waals surface area contributed by atoms with E-state index in [4.69, 9.17) is 11.6 Å². The molecular formula is C22H22ClN5O. The minimum atomic E-state index is -0.148. The molecule has 0 amide bonds. The molecule has 5 rings (SSSR count). The lowest BCUT2D eigenvalue weighted by molar-refractivity contribution is 0.322. The Morgan fingerprint density at radius 1 is 1.28 bits per heavy atom. The van der Waals surface area contributed by atoms with Crippen LogP contribution in [0.25, 0.3) is 11.4 Å². The Morgan fingerprint density at radius 2 is 2.21 bits per heavy atom. The molecule has 0 saturated carbocycles. The van der Waals surface area contributed by atoms with Crippen LogP contribution in [0.5, 0.6) is 0 Å². The van der Waals surface area contributed by atoms with E-state index in [1.807, 2.05) is 24.3 Å². The van der Waals surface area contributed by atoms with E-state index >= 15 is 0 Å². The molecule has 0 spiro atoms. The smallest absolute Gasteiger partial charge is 0.275 e. The number of hydrogen-bond donors (Lipinski definition) is 1. The lowest BCUT2D eigenvalue weighted by Gasteiger charge is -2.16. The molecule has 3 heterocycles. The fraction of sp³-hybridized carbons (Fsp3) is 0.318. The number of rotatable bonds is 4. The molecule has 7 heteroatoms. The number of nitrogens with zero attached hydrogens (tertiary/aromatic N) is 4. The van der Waals surface area contributed by atoms with E-state index in [0.29, 0.717) is 24.1 Å². The number of fused-ring (bicyclic) bond motifs is 1. The number of aromatic nitrogens is 4. The van der Waals surface area contributed by atoms with Crippen LogP contribution in [0.1, 0.15) is 42.3 Å². The van der Waals surface area contributed by atoms with Gasteiger partial charge in [0.25, 0.3) is 5.56 Å². The van der Waals surface area contributed by atoms with Gasteiger partial charge in [0, 0.05) is 29.9 Å². The lowest BCUT2D eigenvalue weighted by Crippen LogP contribution is -2.23. The van der Waals surface area contributed by atoms with Crippen molar-refractivity contribution in [2.75, 3.05) is 13.1 Å². The normalized spacial score (nSPS) is 19.8. The van der Waals surface area contributed by atoms with Crippen LogP contribution in [-0.4, -0.2) is 37.6 Å². The zero-order valence-electron chi connectivity index (χ0n) is 16.0. The van der Waals surface area contributed by atoms with Crippen LogP contribution in [0.15, 0.2) is 53.4 Å². The van der Waals surface area contributed by atoms with Crippen LogP contribution >= 0.6 is 11.6 Å². The average Bonchev–Trinajstić information content (AvgIpc) is 3.36. The second-order valence-electron chi connectivity index (χ2n) is 7.74. The molecule has 2 aliphatic rings. The first kappa shape index (κ1) is 18.3. The number of H-pyrrole nitrogens is 1. The fourth-order valence-electron chi connectivity index (χ4n) is 4.20. The van der Waals surface area contributed by atoms with Crippen molar-refractivity contribution in [1.82, 2.24) is 24.5 Å². The number of aromatic amines is 1. The first-order valence-corrected chi connectivity index (χ1v) is 10.4. The summed E-state index contributed by atoms with van der Waals surface area (Å²) in [5.41, 5.74) is 3.06. The molecule has 1 aliphatic carbocycles. The predicted octanol–water partition coefficient (Wildman–Crippen LogP) is 3.79. The van der Waals surface area contributed by atoms with Crippen LogP contribution in [0.3, 0.4) is 0 Å². The van der Waals surface area contributed by atoms with Crippen LogP contribution in [-0.2, 0) is 6.54 Å². The summed E-state index contributed by atoms with van der Waals surface area (Å²) in [6.45, 7) is 2.63. The van der Waals surface area contributed by atoms with E-state index in [-0.39, 0.29) is 5.56 Å². The van der Waals surface area contributed by atoms with Gasteiger partial charge in [-0.2, -0.15) is 9.50 Å². The highest BCUT2D eigenvalue weighted by Gasteiger charge is 2.24. The minimum absolute atomic E-state index is 0.148. The van der Waals surface area contributed by atoms with Gasteiger partial charge in [-0.25, -0.2) is 0 Å². The third-order valence-corrected chi connectivity index (χ3v) is 5.91. The van der Waals surface area contributed by atoms with Gasteiger partial charge in [-0.1, -0.05) is 42.0 Å². The number of allylic oxidation sites excluding steroid dienone is 4.